The summed E-state index contributed by atoms with van der Waals surface area (Å²) in [6.45, 7) is 3.91. The Balaban J connectivity index is 2.35. The second-order valence-corrected chi connectivity index (χ2v) is 6.37. The van der Waals surface area contributed by atoms with Crippen molar-refractivity contribution in [2.45, 2.75) is 44.1 Å². The fraction of sp³-hybridized carbons (Fsp3) is 0.545. The van der Waals surface area contributed by atoms with Crippen LogP contribution >= 0.6 is 0 Å². The summed E-state index contributed by atoms with van der Waals surface area (Å²) in [7, 11) is -3.73. The Morgan fingerprint density at radius 1 is 1.45 bits per heavy atom. The van der Waals surface area contributed by atoms with Gasteiger partial charge >= 0.3 is 5.69 Å². The molecule has 0 saturated carbocycles. The smallest absolute Gasteiger partial charge is 0.344 e. The van der Waals surface area contributed by atoms with E-state index in [9.17, 15) is 13.2 Å². The SMILES string of the molecule is CCCCn1c(S(=O)(=O)Cc2cnoc2C)n[nH]c1=O. The first-order valence-corrected chi connectivity index (χ1v) is 7.89. The Hall–Kier alpha value is -1.90. The van der Waals surface area contributed by atoms with Crippen LogP contribution in [-0.4, -0.2) is 28.3 Å². The molecule has 0 aliphatic heterocycles. The van der Waals surface area contributed by atoms with E-state index in [1.165, 1.54) is 6.20 Å². The van der Waals surface area contributed by atoms with Crippen LogP contribution < -0.4 is 5.69 Å². The molecule has 9 heteroatoms. The van der Waals surface area contributed by atoms with Crippen molar-refractivity contribution in [3.63, 3.8) is 0 Å². The zero-order chi connectivity index (χ0) is 14.8. The predicted molar refractivity (Wildman–Crippen MR) is 69.9 cm³/mol. The lowest BCUT2D eigenvalue weighted by atomic mass is 10.3. The number of sulfone groups is 1. The van der Waals surface area contributed by atoms with Crippen LogP contribution in [0.2, 0.25) is 0 Å². The van der Waals surface area contributed by atoms with Crippen LogP contribution in [0, 0.1) is 6.92 Å². The average Bonchev–Trinajstić information content (AvgIpc) is 2.94. The zero-order valence-corrected chi connectivity index (χ0v) is 12.1. The topological polar surface area (TPSA) is 111 Å². The highest BCUT2D eigenvalue weighted by Gasteiger charge is 2.25. The summed E-state index contributed by atoms with van der Waals surface area (Å²) in [6.07, 6.45) is 2.91. The summed E-state index contributed by atoms with van der Waals surface area (Å²) in [5.74, 6) is 0.144. The lowest BCUT2D eigenvalue weighted by molar-refractivity contribution is 0.396. The van der Waals surface area contributed by atoms with Gasteiger partial charge in [0.25, 0.3) is 5.16 Å². The molecule has 0 amide bonds. The van der Waals surface area contributed by atoms with Crippen LogP contribution in [0.3, 0.4) is 0 Å². The Labute approximate surface area is 115 Å². The van der Waals surface area contributed by atoms with Crippen molar-refractivity contribution in [1.29, 1.82) is 0 Å². The van der Waals surface area contributed by atoms with Crippen molar-refractivity contribution in [1.82, 2.24) is 19.9 Å². The van der Waals surface area contributed by atoms with Gasteiger partial charge in [0.15, 0.2) is 0 Å². The molecule has 0 fully saturated rings. The van der Waals surface area contributed by atoms with E-state index in [-0.39, 0.29) is 10.9 Å². The van der Waals surface area contributed by atoms with E-state index >= 15 is 0 Å². The number of H-pyrrole nitrogens is 1. The number of nitrogens with zero attached hydrogens (tertiary/aromatic N) is 3. The Kier molecular flexibility index (Phi) is 4.07. The molecule has 0 bridgehead atoms. The highest BCUT2D eigenvalue weighted by atomic mass is 32.2. The van der Waals surface area contributed by atoms with E-state index in [2.05, 4.69) is 15.4 Å². The van der Waals surface area contributed by atoms with E-state index in [0.717, 1.165) is 11.0 Å². The largest absolute Gasteiger partial charge is 0.361 e. The highest BCUT2D eigenvalue weighted by Crippen LogP contribution is 2.16. The summed E-state index contributed by atoms with van der Waals surface area (Å²) in [5, 5.41) is 9.12. The van der Waals surface area contributed by atoms with Crippen LogP contribution in [0.4, 0.5) is 0 Å². The zero-order valence-electron chi connectivity index (χ0n) is 11.3. The van der Waals surface area contributed by atoms with Gasteiger partial charge in [0, 0.05) is 12.1 Å². The molecule has 0 aliphatic carbocycles. The maximum atomic E-state index is 12.3. The summed E-state index contributed by atoms with van der Waals surface area (Å²) in [4.78, 5) is 11.6. The molecule has 2 rings (SSSR count). The summed E-state index contributed by atoms with van der Waals surface area (Å²) in [5.41, 5.74) is -0.0541. The average molecular weight is 300 g/mol. The number of rotatable bonds is 6. The van der Waals surface area contributed by atoms with E-state index in [4.69, 9.17) is 4.52 Å². The maximum Gasteiger partial charge on any atom is 0.344 e. The first kappa shape index (κ1) is 14.5. The summed E-state index contributed by atoms with van der Waals surface area (Å²) >= 11 is 0. The standard InChI is InChI=1S/C11H16N4O4S/c1-3-4-5-15-10(16)13-14-11(15)20(17,18)7-9-6-12-19-8(9)2/h6H,3-5,7H2,1-2H3,(H,13,16). The predicted octanol–water partition coefficient (Wildman–Crippen LogP) is 0.642. The van der Waals surface area contributed by atoms with Gasteiger partial charge in [-0.3, -0.25) is 4.57 Å². The molecule has 0 aromatic carbocycles. The van der Waals surface area contributed by atoms with Gasteiger partial charge in [0.2, 0.25) is 9.84 Å². The van der Waals surface area contributed by atoms with Crippen LogP contribution in [0.5, 0.6) is 0 Å². The minimum Gasteiger partial charge on any atom is -0.361 e. The van der Waals surface area contributed by atoms with Crippen molar-refractivity contribution in [3.05, 3.63) is 28.0 Å². The van der Waals surface area contributed by atoms with Gasteiger partial charge in [-0.2, -0.15) is 0 Å². The molecule has 110 valence electrons. The van der Waals surface area contributed by atoms with E-state index in [0.29, 0.717) is 24.3 Å². The highest BCUT2D eigenvalue weighted by molar-refractivity contribution is 7.90. The van der Waals surface area contributed by atoms with Gasteiger partial charge in [-0.15, -0.1) is 5.10 Å². The molecule has 20 heavy (non-hydrogen) atoms. The van der Waals surface area contributed by atoms with Crippen LogP contribution in [0.15, 0.2) is 20.7 Å². The Morgan fingerprint density at radius 3 is 2.80 bits per heavy atom. The minimum atomic E-state index is -3.73. The normalized spacial score (nSPS) is 11.9. The van der Waals surface area contributed by atoms with Crippen LogP contribution in [0.25, 0.3) is 0 Å². The molecule has 2 aromatic rings. The molecular formula is C11H16N4O4S. The first-order valence-electron chi connectivity index (χ1n) is 6.24. The number of nitrogens with one attached hydrogen (secondary N) is 1. The van der Waals surface area contributed by atoms with E-state index in [1.54, 1.807) is 6.92 Å². The van der Waals surface area contributed by atoms with Gasteiger partial charge in [-0.25, -0.2) is 18.3 Å². The van der Waals surface area contributed by atoms with Gasteiger partial charge < -0.3 is 4.52 Å². The van der Waals surface area contributed by atoms with Gasteiger partial charge in [-0.05, 0) is 13.3 Å². The lowest BCUT2D eigenvalue weighted by Gasteiger charge is -2.05. The van der Waals surface area contributed by atoms with Crippen molar-refractivity contribution in [3.8, 4) is 0 Å². The number of hydrogen-bond acceptors (Lipinski definition) is 6. The van der Waals surface area contributed by atoms with Crippen molar-refractivity contribution >= 4 is 9.84 Å². The summed E-state index contributed by atoms with van der Waals surface area (Å²) in [6, 6.07) is 0. The molecule has 0 aliphatic rings. The van der Waals surface area contributed by atoms with E-state index < -0.39 is 15.5 Å². The number of unbranched alkanes of at least 4 members (excludes halogenated alkanes) is 1. The number of aromatic amines is 1. The lowest BCUT2D eigenvalue weighted by Crippen LogP contribution is -2.21. The number of aromatic nitrogens is 4. The number of aryl methyl sites for hydroxylation is 1. The monoisotopic (exact) mass is 300 g/mol. The second-order valence-electron chi connectivity index (χ2n) is 4.48. The first-order chi connectivity index (χ1) is 9.45. The minimum absolute atomic E-state index is 0.239. The van der Waals surface area contributed by atoms with E-state index in [1.807, 2.05) is 6.92 Å². The molecule has 1 N–H and O–H groups in total. The molecule has 0 saturated heterocycles. The third-order valence-corrected chi connectivity index (χ3v) is 4.49. The molecular weight excluding hydrogens is 284 g/mol. The molecule has 2 heterocycles. The van der Waals surface area contributed by atoms with Crippen LogP contribution in [0.1, 0.15) is 31.1 Å². The fourth-order valence-electron chi connectivity index (χ4n) is 1.78. The Morgan fingerprint density at radius 2 is 2.20 bits per heavy atom. The summed E-state index contributed by atoms with van der Waals surface area (Å²) < 4.78 is 30.7. The van der Waals surface area contributed by atoms with Crippen molar-refractivity contribution in [2.75, 3.05) is 0 Å². The fourth-order valence-corrected chi connectivity index (χ4v) is 3.29. The quantitative estimate of drug-likeness (QED) is 0.838. The maximum absolute atomic E-state index is 12.3. The third kappa shape index (κ3) is 2.82. The Bertz CT molecular complexity index is 741. The molecule has 0 spiro atoms. The molecule has 0 radical (unpaired) electrons. The van der Waals surface area contributed by atoms with Gasteiger partial charge in [-0.1, -0.05) is 18.5 Å². The molecule has 2 aromatic heterocycles. The van der Waals surface area contributed by atoms with Crippen molar-refractivity contribution in [2.24, 2.45) is 0 Å². The van der Waals surface area contributed by atoms with Gasteiger partial charge in [0.1, 0.15) is 5.76 Å². The molecule has 0 unspecified atom stereocenters. The van der Waals surface area contributed by atoms with Crippen LogP contribution in [-0.2, 0) is 22.1 Å². The van der Waals surface area contributed by atoms with Crippen molar-refractivity contribution < 1.29 is 12.9 Å². The third-order valence-electron chi connectivity index (χ3n) is 2.93. The number of hydrogen-bond donors (Lipinski definition) is 1. The van der Waals surface area contributed by atoms with Gasteiger partial charge in [0.05, 0.1) is 11.9 Å². The molecule has 0 atom stereocenters. The molecule has 8 nitrogen and oxygen atoms in total. The second kappa shape index (κ2) is 5.61.